The molecule has 2 saturated heterocycles. The number of piperidine rings is 1. The molecule has 0 bridgehead atoms. The molecule has 3 aliphatic rings. The van der Waals surface area contributed by atoms with Gasteiger partial charge in [-0.3, -0.25) is 4.90 Å². The molecule has 1 N–H and O–H groups in total. The zero-order valence-corrected chi connectivity index (χ0v) is 11.4. The monoisotopic (exact) mass is 253 g/mol. The lowest BCUT2D eigenvalue weighted by Gasteiger charge is -2.35. The van der Waals surface area contributed by atoms with Crippen LogP contribution in [-0.2, 0) is 4.74 Å². The molecule has 3 fully saturated rings. The Morgan fingerprint density at radius 1 is 0.889 bits per heavy atom. The highest BCUT2D eigenvalue weighted by molar-refractivity contribution is 4.88. The second kappa shape index (κ2) is 6.33. The summed E-state index contributed by atoms with van der Waals surface area (Å²) in [5.74, 6) is 0. The summed E-state index contributed by atoms with van der Waals surface area (Å²) in [4.78, 5) is 5.19. The van der Waals surface area contributed by atoms with E-state index in [0.717, 1.165) is 38.4 Å². The minimum absolute atomic E-state index is 0.760. The highest BCUT2D eigenvalue weighted by Crippen LogP contribution is 2.21. The minimum atomic E-state index is 0.760. The van der Waals surface area contributed by atoms with E-state index >= 15 is 0 Å². The molecule has 18 heavy (non-hydrogen) atoms. The van der Waals surface area contributed by atoms with Crippen molar-refractivity contribution in [1.82, 2.24) is 15.1 Å². The van der Waals surface area contributed by atoms with Gasteiger partial charge < -0.3 is 15.0 Å². The first-order valence-electron chi connectivity index (χ1n) is 7.69. The Hall–Kier alpha value is -0.160. The smallest absolute Gasteiger partial charge is 0.0594 e. The molecule has 2 aliphatic heterocycles. The van der Waals surface area contributed by atoms with E-state index < -0.39 is 0 Å². The quantitative estimate of drug-likeness (QED) is 0.774. The van der Waals surface area contributed by atoms with E-state index in [-0.39, 0.29) is 0 Å². The molecule has 3 rings (SSSR count). The summed E-state index contributed by atoms with van der Waals surface area (Å²) in [5.41, 5.74) is 0. The van der Waals surface area contributed by atoms with Crippen molar-refractivity contribution < 1.29 is 4.74 Å². The summed E-state index contributed by atoms with van der Waals surface area (Å²) < 4.78 is 5.39. The lowest BCUT2D eigenvalue weighted by molar-refractivity contribution is 0.0315. The maximum absolute atomic E-state index is 5.39. The number of ether oxygens (including phenoxy) is 1. The maximum atomic E-state index is 5.39. The Morgan fingerprint density at radius 2 is 1.67 bits per heavy atom. The van der Waals surface area contributed by atoms with Crippen molar-refractivity contribution in [3.63, 3.8) is 0 Å². The highest BCUT2D eigenvalue weighted by atomic mass is 16.5. The van der Waals surface area contributed by atoms with Gasteiger partial charge in [-0.2, -0.15) is 0 Å². The van der Waals surface area contributed by atoms with Gasteiger partial charge in [0.1, 0.15) is 0 Å². The molecule has 1 atom stereocenters. The Balaban J connectivity index is 1.35. The van der Waals surface area contributed by atoms with Gasteiger partial charge in [-0.15, -0.1) is 0 Å². The molecule has 0 aromatic carbocycles. The molecule has 0 amide bonds. The molecule has 104 valence electrons. The van der Waals surface area contributed by atoms with Gasteiger partial charge in [0.25, 0.3) is 0 Å². The van der Waals surface area contributed by atoms with E-state index in [1.54, 1.807) is 0 Å². The molecule has 0 radical (unpaired) electrons. The number of hydrogen-bond acceptors (Lipinski definition) is 4. The van der Waals surface area contributed by atoms with Gasteiger partial charge >= 0.3 is 0 Å². The van der Waals surface area contributed by atoms with E-state index in [0.29, 0.717) is 0 Å². The average molecular weight is 253 g/mol. The van der Waals surface area contributed by atoms with Crippen molar-refractivity contribution in [2.24, 2.45) is 0 Å². The molecule has 0 spiro atoms. The first-order chi connectivity index (χ1) is 8.90. The first kappa shape index (κ1) is 12.9. The zero-order valence-electron chi connectivity index (χ0n) is 11.4. The van der Waals surface area contributed by atoms with Crippen molar-refractivity contribution in [3.05, 3.63) is 0 Å². The lowest BCUT2D eigenvalue weighted by atomic mass is 10.1. The van der Waals surface area contributed by atoms with Crippen LogP contribution in [0.2, 0.25) is 0 Å². The van der Waals surface area contributed by atoms with E-state index in [9.17, 15) is 0 Å². The van der Waals surface area contributed by atoms with Gasteiger partial charge in [0.15, 0.2) is 0 Å². The third-order valence-corrected chi connectivity index (χ3v) is 4.39. The summed E-state index contributed by atoms with van der Waals surface area (Å²) in [5, 5.41) is 3.79. The van der Waals surface area contributed by atoms with Crippen molar-refractivity contribution in [3.8, 4) is 0 Å². The van der Waals surface area contributed by atoms with Crippen molar-refractivity contribution in [2.45, 2.75) is 37.8 Å². The van der Waals surface area contributed by atoms with Crippen LogP contribution in [0.1, 0.15) is 25.7 Å². The Kier molecular flexibility index (Phi) is 4.52. The first-order valence-corrected chi connectivity index (χ1v) is 7.69. The second-order valence-corrected chi connectivity index (χ2v) is 6.03. The third-order valence-electron chi connectivity index (χ3n) is 4.39. The topological polar surface area (TPSA) is 27.7 Å². The Labute approximate surface area is 111 Å². The van der Waals surface area contributed by atoms with Crippen molar-refractivity contribution >= 4 is 0 Å². The van der Waals surface area contributed by atoms with E-state index in [2.05, 4.69) is 15.1 Å². The number of nitrogens with one attached hydrogen (secondary N) is 1. The molecule has 0 aromatic heterocycles. The van der Waals surface area contributed by atoms with Crippen LogP contribution in [-0.4, -0.2) is 74.4 Å². The van der Waals surface area contributed by atoms with Crippen molar-refractivity contribution in [2.75, 3.05) is 52.5 Å². The number of rotatable bonds is 5. The SMILES string of the molecule is C1CC(NC2CC2)CN(CCN2CCOCC2)C1. The summed E-state index contributed by atoms with van der Waals surface area (Å²) in [7, 11) is 0. The molecular formula is C14H27N3O. The Morgan fingerprint density at radius 3 is 2.44 bits per heavy atom. The van der Waals surface area contributed by atoms with Gasteiger partial charge in [-0.1, -0.05) is 0 Å². The fourth-order valence-electron chi connectivity index (χ4n) is 3.09. The summed E-state index contributed by atoms with van der Waals surface area (Å²) >= 11 is 0. The molecule has 1 saturated carbocycles. The third kappa shape index (κ3) is 3.92. The van der Waals surface area contributed by atoms with Crippen LogP contribution in [0.5, 0.6) is 0 Å². The van der Waals surface area contributed by atoms with Gasteiger partial charge in [0.2, 0.25) is 0 Å². The maximum Gasteiger partial charge on any atom is 0.0594 e. The average Bonchev–Trinajstić information content (AvgIpc) is 3.22. The molecule has 0 aromatic rings. The highest BCUT2D eigenvalue weighted by Gasteiger charge is 2.27. The fraction of sp³-hybridized carbons (Fsp3) is 1.00. The largest absolute Gasteiger partial charge is 0.379 e. The van der Waals surface area contributed by atoms with Crippen LogP contribution < -0.4 is 5.32 Å². The van der Waals surface area contributed by atoms with Crippen molar-refractivity contribution in [1.29, 1.82) is 0 Å². The zero-order chi connectivity index (χ0) is 12.2. The number of nitrogens with zero attached hydrogens (tertiary/aromatic N) is 2. The standard InChI is InChI=1S/C14H27N3O/c1-2-14(15-13-3-4-13)12-17(5-1)7-6-16-8-10-18-11-9-16/h13-15H,1-12H2. The Bertz CT molecular complexity index is 251. The van der Waals surface area contributed by atoms with Crippen LogP contribution >= 0.6 is 0 Å². The number of hydrogen-bond donors (Lipinski definition) is 1. The molecule has 1 aliphatic carbocycles. The van der Waals surface area contributed by atoms with Crippen LogP contribution in [0.4, 0.5) is 0 Å². The van der Waals surface area contributed by atoms with Gasteiger partial charge in [0.05, 0.1) is 13.2 Å². The van der Waals surface area contributed by atoms with Crippen LogP contribution in [0.15, 0.2) is 0 Å². The van der Waals surface area contributed by atoms with Gasteiger partial charge in [-0.05, 0) is 32.2 Å². The predicted molar refractivity (Wildman–Crippen MR) is 72.9 cm³/mol. The normalized spacial score (nSPS) is 31.7. The molecule has 2 heterocycles. The van der Waals surface area contributed by atoms with E-state index in [4.69, 9.17) is 4.74 Å². The summed E-state index contributed by atoms with van der Waals surface area (Å²) in [6.07, 6.45) is 5.56. The second-order valence-electron chi connectivity index (χ2n) is 6.03. The van der Waals surface area contributed by atoms with E-state index in [1.165, 1.54) is 51.9 Å². The van der Waals surface area contributed by atoms with E-state index in [1.807, 2.05) is 0 Å². The van der Waals surface area contributed by atoms with Crippen LogP contribution in [0.25, 0.3) is 0 Å². The van der Waals surface area contributed by atoms with Gasteiger partial charge in [-0.25, -0.2) is 0 Å². The molecule has 4 nitrogen and oxygen atoms in total. The lowest BCUT2D eigenvalue weighted by Crippen LogP contribution is -2.49. The van der Waals surface area contributed by atoms with Gasteiger partial charge in [0, 0.05) is 44.8 Å². The minimum Gasteiger partial charge on any atom is -0.379 e. The fourth-order valence-corrected chi connectivity index (χ4v) is 3.09. The predicted octanol–water partition coefficient (Wildman–Crippen LogP) is 0.535. The molecule has 4 heteroatoms. The number of likely N-dealkylation sites (tertiary alicyclic amines) is 1. The molecule has 1 unspecified atom stereocenters. The van der Waals surface area contributed by atoms with Crippen LogP contribution in [0.3, 0.4) is 0 Å². The molecular weight excluding hydrogens is 226 g/mol. The summed E-state index contributed by atoms with van der Waals surface area (Å²) in [6.45, 7) is 9.11. The number of morpholine rings is 1. The summed E-state index contributed by atoms with van der Waals surface area (Å²) in [6, 6.07) is 1.62. The van der Waals surface area contributed by atoms with Crippen LogP contribution in [0, 0.1) is 0 Å².